The molecule has 0 aromatic heterocycles. The molecule has 4 nitrogen and oxygen atoms in total. The third-order valence-electron chi connectivity index (χ3n) is 3.78. The molecule has 2 N–H and O–H groups in total. The van der Waals surface area contributed by atoms with E-state index in [0.717, 1.165) is 37.9 Å². The van der Waals surface area contributed by atoms with Crippen LogP contribution in [-0.4, -0.2) is 32.1 Å². The summed E-state index contributed by atoms with van der Waals surface area (Å²) < 4.78 is 13.0. The Hall–Kier alpha value is -2.11. The second kappa shape index (κ2) is 6.98. The van der Waals surface area contributed by atoms with Crippen LogP contribution in [-0.2, 0) is 0 Å². The lowest BCUT2D eigenvalue weighted by Gasteiger charge is -2.29. The van der Waals surface area contributed by atoms with Gasteiger partial charge in [0.25, 0.3) is 5.91 Å². The highest BCUT2D eigenvalue weighted by Gasteiger charge is 2.13. The molecule has 1 amide bonds. The van der Waals surface area contributed by atoms with Gasteiger partial charge in [0, 0.05) is 37.6 Å². The molecular formula is C17H17ClFN3O. The molecule has 1 aliphatic heterocycles. The number of amides is 1. The Bertz CT molecular complexity index is 699. The lowest BCUT2D eigenvalue weighted by Crippen LogP contribution is -2.43. The van der Waals surface area contributed by atoms with Crippen LogP contribution in [0, 0.1) is 5.82 Å². The fraction of sp³-hybridized carbons (Fsp3) is 0.235. The molecule has 3 rings (SSSR count). The molecule has 0 radical (unpaired) electrons. The van der Waals surface area contributed by atoms with E-state index in [1.165, 1.54) is 12.1 Å². The van der Waals surface area contributed by atoms with Crippen molar-refractivity contribution in [2.45, 2.75) is 0 Å². The molecule has 0 bridgehead atoms. The highest BCUT2D eigenvalue weighted by molar-refractivity contribution is 6.34. The van der Waals surface area contributed by atoms with Crippen LogP contribution < -0.4 is 15.5 Å². The number of anilines is 2. The van der Waals surface area contributed by atoms with E-state index in [-0.39, 0.29) is 16.5 Å². The number of carbonyl (C=O) groups excluding carboxylic acids is 1. The molecule has 0 aliphatic carbocycles. The van der Waals surface area contributed by atoms with Gasteiger partial charge >= 0.3 is 0 Å². The average Bonchev–Trinajstić information content (AvgIpc) is 2.56. The molecule has 6 heteroatoms. The number of halogens is 2. The number of nitrogens with one attached hydrogen (secondary N) is 2. The zero-order valence-corrected chi connectivity index (χ0v) is 13.2. The quantitative estimate of drug-likeness (QED) is 0.907. The number of piperazine rings is 1. The van der Waals surface area contributed by atoms with Crippen LogP contribution in [0.5, 0.6) is 0 Å². The number of benzene rings is 2. The first kappa shape index (κ1) is 15.8. The van der Waals surface area contributed by atoms with Gasteiger partial charge in [0.2, 0.25) is 0 Å². The fourth-order valence-electron chi connectivity index (χ4n) is 2.55. The number of carbonyl (C=O) groups is 1. The summed E-state index contributed by atoms with van der Waals surface area (Å²) in [5, 5.41) is 6.18. The van der Waals surface area contributed by atoms with Crippen LogP contribution in [0.2, 0.25) is 5.02 Å². The summed E-state index contributed by atoms with van der Waals surface area (Å²) in [5.74, 6) is -0.822. The Morgan fingerprint density at radius 2 is 1.83 bits per heavy atom. The van der Waals surface area contributed by atoms with Crippen molar-refractivity contribution in [2.75, 3.05) is 36.4 Å². The molecule has 2 aromatic rings. The van der Waals surface area contributed by atoms with Crippen LogP contribution in [0.3, 0.4) is 0 Å². The minimum absolute atomic E-state index is 0.0972. The Kier molecular flexibility index (Phi) is 4.79. The standard InChI is InChI=1S/C17H17ClFN3O/c18-16-11-12(19)1-6-15(16)17(23)21-13-2-4-14(5-3-13)22-9-7-20-8-10-22/h1-6,11,20H,7-10H2,(H,21,23). The first-order valence-corrected chi connectivity index (χ1v) is 7.83. The van der Waals surface area contributed by atoms with E-state index in [4.69, 9.17) is 11.6 Å². The second-order valence-electron chi connectivity index (χ2n) is 5.36. The van der Waals surface area contributed by atoms with Gasteiger partial charge in [0.1, 0.15) is 5.82 Å². The molecule has 120 valence electrons. The zero-order valence-electron chi connectivity index (χ0n) is 12.5. The molecule has 0 atom stereocenters. The molecule has 1 fully saturated rings. The van der Waals surface area contributed by atoms with Crippen molar-refractivity contribution in [1.82, 2.24) is 5.32 Å². The predicted molar refractivity (Wildman–Crippen MR) is 90.9 cm³/mol. The number of nitrogens with zero attached hydrogens (tertiary/aromatic N) is 1. The summed E-state index contributed by atoms with van der Waals surface area (Å²) in [5.41, 5.74) is 2.05. The van der Waals surface area contributed by atoms with Gasteiger partial charge < -0.3 is 15.5 Å². The van der Waals surface area contributed by atoms with Gasteiger partial charge in [-0.25, -0.2) is 4.39 Å². The number of hydrogen-bond acceptors (Lipinski definition) is 3. The maximum absolute atomic E-state index is 13.0. The summed E-state index contributed by atoms with van der Waals surface area (Å²) in [6.45, 7) is 3.89. The highest BCUT2D eigenvalue weighted by atomic mass is 35.5. The van der Waals surface area contributed by atoms with E-state index in [1.807, 2.05) is 24.3 Å². The fourth-order valence-corrected chi connectivity index (χ4v) is 2.80. The molecule has 1 heterocycles. The van der Waals surface area contributed by atoms with Crippen LogP contribution in [0.25, 0.3) is 0 Å². The molecule has 2 aromatic carbocycles. The first-order valence-electron chi connectivity index (χ1n) is 7.45. The Labute approximate surface area is 139 Å². The largest absolute Gasteiger partial charge is 0.369 e. The van der Waals surface area contributed by atoms with Gasteiger partial charge in [-0.2, -0.15) is 0 Å². The second-order valence-corrected chi connectivity index (χ2v) is 5.77. The summed E-state index contributed by atoms with van der Waals surface area (Å²) in [6, 6.07) is 11.4. The predicted octanol–water partition coefficient (Wildman–Crippen LogP) is 3.14. The minimum atomic E-state index is -0.466. The van der Waals surface area contributed by atoms with Gasteiger partial charge in [-0.15, -0.1) is 0 Å². The van der Waals surface area contributed by atoms with Crippen molar-refractivity contribution < 1.29 is 9.18 Å². The highest BCUT2D eigenvalue weighted by Crippen LogP contribution is 2.21. The minimum Gasteiger partial charge on any atom is -0.369 e. The smallest absolute Gasteiger partial charge is 0.257 e. The maximum Gasteiger partial charge on any atom is 0.257 e. The van der Waals surface area contributed by atoms with E-state index in [0.29, 0.717) is 5.69 Å². The van der Waals surface area contributed by atoms with Crippen molar-refractivity contribution in [3.05, 3.63) is 58.9 Å². The summed E-state index contributed by atoms with van der Waals surface area (Å²) in [6.07, 6.45) is 0. The third kappa shape index (κ3) is 3.81. The van der Waals surface area contributed by atoms with E-state index in [9.17, 15) is 9.18 Å². The molecule has 1 aliphatic rings. The van der Waals surface area contributed by atoms with Gasteiger partial charge in [0.15, 0.2) is 0 Å². The van der Waals surface area contributed by atoms with Crippen LogP contribution in [0.1, 0.15) is 10.4 Å². The van der Waals surface area contributed by atoms with Gasteiger partial charge in [-0.3, -0.25) is 4.79 Å². The van der Waals surface area contributed by atoms with Gasteiger partial charge in [-0.05, 0) is 42.5 Å². The Morgan fingerprint density at radius 1 is 1.13 bits per heavy atom. The van der Waals surface area contributed by atoms with E-state index in [2.05, 4.69) is 15.5 Å². The molecular weight excluding hydrogens is 317 g/mol. The SMILES string of the molecule is O=C(Nc1ccc(N2CCNCC2)cc1)c1ccc(F)cc1Cl. The summed E-state index contributed by atoms with van der Waals surface area (Å²) >= 11 is 5.90. The number of hydrogen-bond donors (Lipinski definition) is 2. The van der Waals surface area contributed by atoms with Crippen molar-refractivity contribution >= 4 is 28.9 Å². The summed E-state index contributed by atoms with van der Waals surface area (Å²) in [7, 11) is 0. The first-order chi connectivity index (χ1) is 11.1. The van der Waals surface area contributed by atoms with E-state index in [1.54, 1.807) is 0 Å². The molecule has 23 heavy (non-hydrogen) atoms. The Balaban J connectivity index is 1.69. The van der Waals surface area contributed by atoms with Gasteiger partial charge in [0.05, 0.1) is 10.6 Å². The molecule has 0 saturated carbocycles. The zero-order chi connectivity index (χ0) is 16.2. The van der Waals surface area contributed by atoms with Gasteiger partial charge in [-0.1, -0.05) is 11.6 Å². The topological polar surface area (TPSA) is 44.4 Å². The lowest BCUT2D eigenvalue weighted by atomic mass is 10.2. The van der Waals surface area contributed by atoms with Crippen molar-refractivity contribution in [3.8, 4) is 0 Å². The van der Waals surface area contributed by atoms with Crippen molar-refractivity contribution in [2.24, 2.45) is 0 Å². The van der Waals surface area contributed by atoms with E-state index < -0.39 is 5.82 Å². The monoisotopic (exact) mass is 333 g/mol. The van der Waals surface area contributed by atoms with Crippen molar-refractivity contribution in [3.63, 3.8) is 0 Å². The third-order valence-corrected chi connectivity index (χ3v) is 4.10. The summed E-state index contributed by atoms with van der Waals surface area (Å²) in [4.78, 5) is 14.5. The average molecular weight is 334 g/mol. The normalized spacial score (nSPS) is 14.6. The van der Waals surface area contributed by atoms with Crippen molar-refractivity contribution in [1.29, 1.82) is 0 Å². The number of rotatable bonds is 3. The molecule has 1 saturated heterocycles. The van der Waals surface area contributed by atoms with E-state index >= 15 is 0 Å². The lowest BCUT2D eigenvalue weighted by molar-refractivity contribution is 0.102. The Morgan fingerprint density at radius 3 is 2.48 bits per heavy atom. The van der Waals surface area contributed by atoms with Crippen LogP contribution in [0.4, 0.5) is 15.8 Å². The van der Waals surface area contributed by atoms with Crippen LogP contribution >= 0.6 is 11.6 Å². The van der Waals surface area contributed by atoms with Crippen LogP contribution in [0.15, 0.2) is 42.5 Å². The molecule has 0 spiro atoms. The molecule has 0 unspecified atom stereocenters. The maximum atomic E-state index is 13.0.